The topological polar surface area (TPSA) is 38.3 Å². The molecule has 0 spiro atoms. The minimum absolute atomic E-state index is 0.0532. The van der Waals surface area contributed by atoms with Crippen molar-refractivity contribution >= 4 is 17.5 Å². The second kappa shape index (κ2) is 6.80. The highest BCUT2D eigenvalue weighted by Gasteiger charge is 2.27. The molecule has 1 rings (SSSR count). The Labute approximate surface area is 120 Å². The molecular formula is C15H22ClNO2. The van der Waals surface area contributed by atoms with Gasteiger partial charge in [0.1, 0.15) is 12.4 Å². The predicted molar refractivity (Wildman–Crippen MR) is 78.8 cm³/mol. The molecule has 1 N–H and O–H groups in total. The monoisotopic (exact) mass is 283 g/mol. The van der Waals surface area contributed by atoms with Gasteiger partial charge in [-0.05, 0) is 39.8 Å². The van der Waals surface area contributed by atoms with E-state index in [2.05, 4.69) is 5.32 Å². The van der Waals surface area contributed by atoms with Gasteiger partial charge in [0.25, 0.3) is 0 Å². The van der Waals surface area contributed by atoms with Crippen molar-refractivity contribution in [3.8, 4) is 5.75 Å². The molecule has 1 atom stereocenters. The maximum atomic E-state index is 11.9. The third-order valence-corrected chi connectivity index (χ3v) is 3.52. The van der Waals surface area contributed by atoms with Gasteiger partial charge in [-0.25, -0.2) is 0 Å². The summed E-state index contributed by atoms with van der Waals surface area (Å²) in [6, 6.07) is 7.78. The molecule has 1 unspecified atom stereocenters. The molecule has 1 aromatic carbocycles. The molecule has 3 nitrogen and oxygen atoms in total. The van der Waals surface area contributed by atoms with Crippen molar-refractivity contribution in [3.05, 3.63) is 29.8 Å². The quantitative estimate of drug-likeness (QED) is 0.815. The maximum absolute atomic E-state index is 11.9. The Balaban J connectivity index is 2.42. The molecule has 0 radical (unpaired) electrons. The largest absolute Gasteiger partial charge is 0.491 e. The average molecular weight is 284 g/mol. The van der Waals surface area contributed by atoms with Crippen LogP contribution in [0.25, 0.3) is 0 Å². The van der Waals surface area contributed by atoms with Crippen LogP contribution >= 0.6 is 11.6 Å². The lowest BCUT2D eigenvalue weighted by atomic mass is 9.95. The molecule has 0 saturated heterocycles. The highest BCUT2D eigenvalue weighted by molar-refractivity contribution is 6.19. The summed E-state index contributed by atoms with van der Waals surface area (Å²) in [5, 5.41) is 2.90. The summed E-state index contributed by atoms with van der Waals surface area (Å²) in [6.45, 7) is 8.02. The lowest BCUT2D eigenvalue weighted by molar-refractivity contribution is -0.129. The van der Waals surface area contributed by atoms with E-state index in [0.29, 0.717) is 12.5 Å². The summed E-state index contributed by atoms with van der Waals surface area (Å²) in [5.41, 5.74) is 0.636. The first-order valence-corrected chi connectivity index (χ1v) is 6.95. The highest BCUT2D eigenvalue weighted by atomic mass is 35.5. The molecular weight excluding hydrogens is 262 g/mol. The summed E-state index contributed by atoms with van der Waals surface area (Å²) in [4.78, 5) is 11.9. The lowest BCUT2D eigenvalue weighted by Gasteiger charge is -2.23. The Bertz CT molecular complexity index is 415. The summed E-state index contributed by atoms with van der Waals surface area (Å²) >= 11 is 5.77. The smallest absolute Gasteiger partial charge is 0.227 e. The van der Waals surface area contributed by atoms with Crippen LogP contribution < -0.4 is 10.1 Å². The number of hydrogen-bond acceptors (Lipinski definition) is 2. The second-order valence-corrected chi connectivity index (χ2v) is 5.78. The molecule has 4 heteroatoms. The van der Waals surface area contributed by atoms with Crippen LogP contribution in [0.5, 0.6) is 5.75 Å². The first-order chi connectivity index (χ1) is 8.85. The molecule has 0 saturated carbocycles. The van der Waals surface area contributed by atoms with Gasteiger partial charge in [-0.2, -0.15) is 0 Å². The fourth-order valence-corrected chi connectivity index (χ4v) is 1.50. The highest BCUT2D eigenvalue weighted by Crippen LogP contribution is 2.17. The fraction of sp³-hybridized carbons (Fsp3) is 0.533. The van der Waals surface area contributed by atoms with E-state index in [-0.39, 0.29) is 11.9 Å². The van der Waals surface area contributed by atoms with E-state index in [1.165, 1.54) is 5.56 Å². The molecule has 0 aromatic heterocycles. The Morgan fingerprint density at radius 1 is 1.37 bits per heavy atom. The Hall–Kier alpha value is -1.22. The number of nitrogens with one attached hydrogen (secondary N) is 1. The van der Waals surface area contributed by atoms with Gasteiger partial charge in [0.15, 0.2) is 0 Å². The van der Waals surface area contributed by atoms with Gasteiger partial charge in [0.05, 0.1) is 11.5 Å². The van der Waals surface area contributed by atoms with Gasteiger partial charge in [0.2, 0.25) is 5.91 Å². The number of carbonyl (C=O) groups is 1. The summed E-state index contributed by atoms with van der Waals surface area (Å²) in [5.74, 6) is 1.05. The van der Waals surface area contributed by atoms with Crippen LogP contribution in [0.3, 0.4) is 0 Å². The third-order valence-electron chi connectivity index (χ3n) is 2.85. The standard InChI is InChI=1S/C15H22ClNO2/c1-11-5-7-13(8-6-11)19-9-12(2)17-14(18)15(3,4)10-16/h5-8,12H,9-10H2,1-4H3,(H,17,18). The number of amides is 1. The molecule has 1 aromatic rings. The minimum Gasteiger partial charge on any atom is -0.491 e. The summed E-state index contributed by atoms with van der Waals surface area (Å²) in [6.07, 6.45) is 0. The number of benzene rings is 1. The normalized spacial score (nSPS) is 12.9. The number of ether oxygens (including phenoxy) is 1. The van der Waals surface area contributed by atoms with Crippen molar-refractivity contribution in [2.75, 3.05) is 12.5 Å². The van der Waals surface area contributed by atoms with Crippen molar-refractivity contribution in [1.29, 1.82) is 0 Å². The zero-order valence-corrected chi connectivity index (χ0v) is 12.8. The molecule has 106 valence electrons. The zero-order valence-electron chi connectivity index (χ0n) is 12.0. The van der Waals surface area contributed by atoms with Crippen LogP contribution in [0.15, 0.2) is 24.3 Å². The van der Waals surface area contributed by atoms with Crippen LogP contribution in [-0.2, 0) is 4.79 Å². The lowest BCUT2D eigenvalue weighted by Crippen LogP contribution is -2.44. The minimum atomic E-state index is -0.556. The van der Waals surface area contributed by atoms with Crippen molar-refractivity contribution < 1.29 is 9.53 Å². The second-order valence-electron chi connectivity index (χ2n) is 5.52. The molecule has 0 bridgehead atoms. The molecule has 0 aliphatic heterocycles. The Morgan fingerprint density at radius 3 is 2.47 bits per heavy atom. The first kappa shape index (κ1) is 15.8. The van der Waals surface area contributed by atoms with Crippen LogP contribution in [0.2, 0.25) is 0 Å². The SMILES string of the molecule is Cc1ccc(OCC(C)NC(=O)C(C)(C)CCl)cc1. The van der Waals surface area contributed by atoms with Gasteiger partial charge < -0.3 is 10.1 Å². The van der Waals surface area contributed by atoms with E-state index < -0.39 is 5.41 Å². The molecule has 0 fully saturated rings. The van der Waals surface area contributed by atoms with E-state index in [0.717, 1.165) is 5.75 Å². The van der Waals surface area contributed by atoms with E-state index in [1.807, 2.05) is 52.0 Å². The van der Waals surface area contributed by atoms with Gasteiger partial charge in [-0.15, -0.1) is 11.6 Å². The Kier molecular flexibility index (Phi) is 5.67. The van der Waals surface area contributed by atoms with Gasteiger partial charge >= 0.3 is 0 Å². The van der Waals surface area contributed by atoms with Crippen LogP contribution in [0.1, 0.15) is 26.3 Å². The third kappa shape index (κ3) is 5.11. The number of carbonyl (C=O) groups excluding carboxylic acids is 1. The molecule has 0 aliphatic carbocycles. The van der Waals surface area contributed by atoms with E-state index in [1.54, 1.807) is 0 Å². The number of alkyl halides is 1. The van der Waals surface area contributed by atoms with Crippen LogP contribution in [-0.4, -0.2) is 24.4 Å². The zero-order chi connectivity index (χ0) is 14.5. The number of halogens is 1. The Morgan fingerprint density at radius 2 is 1.95 bits per heavy atom. The van der Waals surface area contributed by atoms with E-state index >= 15 is 0 Å². The van der Waals surface area contributed by atoms with Gasteiger partial charge in [0, 0.05) is 5.88 Å². The maximum Gasteiger partial charge on any atom is 0.227 e. The van der Waals surface area contributed by atoms with Crippen molar-refractivity contribution in [3.63, 3.8) is 0 Å². The molecule has 0 heterocycles. The van der Waals surface area contributed by atoms with Crippen molar-refractivity contribution in [2.24, 2.45) is 5.41 Å². The molecule has 19 heavy (non-hydrogen) atoms. The number of rotatable bonds is 6. The van der Waals surface area contributed by atoms with Gasteiger partial charge in [-0.3, -0.25) is 4.79 Å². The predicted octanol–water partition coefficient (Wildman–Crippen LogP) is 3.14. The van der Waals surface area contributed by atoms with Crippen LogP contribution in [0, 0.1) is 12.3 Å². The average Bonchev–Trinajstić information content (AvgIpc) is 2.38. The first-order valence-electron chi connectivity index (χ1n) is 6.41. The fourth-order valence-electron chi connectivity index (χ4n) is 1.38. The van der Waals surface area contributed by atoms with E-state index in [4.69, 9.17) is 16.3 Å². The summed E-state index contributed by atoms with van der Waals surface area (Å²) < 4.78 is 5.62. The number of aryl methyl sites for hydroxylation is 1. The van der Waals surface area contributed by atoms with Crippen molar-refractivity contribution in [1.82, 2.24) is 5.32 Å². The summed E-state index contributed by atoms with van der Waals surface area (Å²) in [7, 11) is 0. The van der Waals surface area contributed by atoms with Crippen LogP contribution in [0.4, 0.5) is 0 Å². The van der Waals surface area contributed by atoms with Gasteiger partial charge in [-0.1, -0.05) is 17.7 Å². The molecule has 0 aliphatic rings. The van der Waals surface area contributed by atoms with E-state index in [9.17, 15) is 4.79 Å². The molecule has 1 amide bonds. The number of hydrogen-bond donors (Lipinski definition) is 1. The van der Waals surface area contributed by atoms with Crippen molar-refractivity contribution in [2.45, 2.75) is 33.7 Å².